The molecule has 0 bridgehead atoms. The van der Waals surface area contributed by atoms with Crippen molar-refractivity contribution in [2.45, 2.75) is 38.6 Å². The van der Waals surface area contributed by atoms with Crippen molar-refractivity contribution in [3.8, 4) is 0 Å². The highest BCUT2D eigenvalue weighted by Crippen LogP contribution is 2.60. The van der Waals surface area contributed by atoms with Crippen molar-refractivity contribution in [2.24, 2.45) is 17.8 Å². The van der Waals surface area contributed by atoms with Gasteiger partial charge >= 0.3 is 0 Å². The Hall–Kier alpha value is -1.28. The van der Waals surface area contributed by atoms with Crippen molar-refractivity contribution in [1.82, 2.24) is 5.32 Å². The van der Waals surface area contributed by atoms with Gasteiger partial charge in [-0.2, -0.15) is 0 Å². The van der Waals surface area contributed by atoms with Gasteiger partial charge in [0.1, 0.15) is 11.3 Å². The first-order chi connectivity index (χ1) is 9.78. The van der Waals surface area contributed by atoms with Crippen LogP contribution in [0, 0.1) is 24.7 Å². The molecule has 1 N–H and O–H groups in total. The third kappa shape index (κ3) is 1.89. The summed E-state index contributed by atoms with van der Waals surface area (Å²) in [7, 11) is 2.08. The van der Waals surface area contributed by atoms with Crippen LogP contribution in [0.5, 0.6) is 0 Å². The lowest BCUT2D eigenvalue weighted by molar-refractivity contribution is 0.395. The molecule has 1 heterocycles. The molecule has 0 radical (unpaired) electrons. The fourth-order valence-electron chi connectivity index (χ4n) is 4.40. The van der Waals surface area contributed by atoms with Crippen molar-refractivity contribution < 1.29 is 4.42 Å². The van der Waals surface area contributed by atoms with Crippen molar-refractivity contribution in [2.75, 3.05) is 7.05 Å². The minimum Gasteiger partial charge on any atom is -0.459 e. The highest BCUT2D eigenvalue weighted by Gasteiger charge is 2.54. The van der Waals surface area contributed by atoms with Gasteiger partial charge in [-0.05, 0) is 62.8 Å². The van der Waals surface area contributed by atoms with Gasteiger partial charge in [0.25, 0.3) is 0 Å². The fourth-order valence-corrected chi connectivity index (χ4v) is 4.40. The van der Waals surface area contributed by atoms with Gasteiger partial charge in [-0.3, -0.25) is 0 Å². The maximum absolute atomic E-state index is 6.12. The molecule has 3 atom stereocenters. The van der Waals surface area contributed by atoms with Crippen LogP contribution in [0.3, 0.4) is 0 Å². The summed E-state index contributed by atoms with van der Waals surface area (Å²) in [5.41, 5.74) is 2.32. The topological polar surface area (TPSA) is 25.2 Å². The number of benzene rings is 1. The summed E-state index contributed by atoms with van der Waals surface area (Å²) in [6.07, 6.45) is 5.69. The van der Waals surface area contributed by atoms with Crippen molar-refractivity contribution in [1.29, 1.82) is 0 Å². The first-order valence-electron chi connectivity index (χ1n) is 7.95. The van der Waals surface area contributed by atoms with Crippen molar-refractivity contribution in [3.05, 3.63) is 35.6 Å². The summed E-state index contributed by atoms with van der Waals surface area (Å²) >= 11 is 0. The van der Waals surface area contributed by atoms with E-state index in [1.807, 2.05) is 0 Å². The Kier molecular flexibility index (Phi) is 2.88. The lowest BCUT2D eigenvalue weighted by Crippen LogP contribution is -2.19. The molecule has 1 aromatic heterocycles. The van der Waals surface area contributed by atoms with Gasteiger partial charge < -0.3 is 9.73 Å². The summed E-state index contributed by atoms with van der Waals surface area (Å²) in [5, 5.41) is 4.76. The molecule has 3 unspecified atom stereocenters. The van der Waals surface area contributed by atoms with Crippen LogP contribution in [-0.2, 0) is 0 Å². The summed E-state index contributed by atoms with van der Waals surface area (Å²) in [6, 6.07) is 9.08. The Bertz CT molecular complexity index is 617. The normalized spacial score (nSPS) is 30.2. The third-order valence-electron chi connectivity index (χ3n) is 5.42. The molecule has 2 nitrogen and oxygen atoms in total. The minimum atomic E-state index is 0.399. The first-order valence-corrected chi connectivity index (χ1v) is 7.95. The second-order valence-corrected chi connectivity index (χ2v) is 6.65. The van der Waals surface area contributed by atoms with E-state index in [9.17, 15) is 0 Å². The molecule has 4 rings (SSSR count). The Morgan fingerprint density at radius 3 is 2.60 bits per heavy atom. The molecule has 0 spiro atoms. The SMILES string of the molecule is CNC(c1cc2cc(C)ccc2o1)C1C2CCCCC21. The van der Waals surface area contributed by atoms with Gasteiger partial charge in [0, 0.05) is 5.39 Å². The maximum Gasteiger partial charge on any atom is 0.134 e. The Morgan fingerprint density at radius 1 is 1.15 bits per heavy atom. The summed E-state index contributed by atoms with van der Waals surface area (Å²) in [4.78, 5) is 0. The highest BCUT2D eigenvalue weighted by atomic mass is 16.3. The molecule has 2 heteroatoms. The standard InChI is InChI=1S/C18H23NO/c1-11-7-8-15-12(9-11)10-16(20-15)18(19-2)17-13-5-3-4-6-14(13)17/h7-10,13-14,17-19H,3-6H2,1-2H3. The number of furan rings is 1. The smallest absolute Gasteiger partial charge is 0.134 e. The van der Waals surface area contributed by atoms with Gasteiger partial charge in [0.2, 0.25) is 0 Å². The van der Waals surface area contributed by atoms with Crippen LogP contribution in [0.25, 0.3) is 11.0 Å². The van der Waals surface area contributed by atoms with E-state index in [4.69, 9.17) is 4.42 Å². The van der Waals surface area contributed by atoms with Crippen LogP contribution >= 0.6 is 0 Å². The van der Waals surface area contributed by atoms with Crippen LogP contribution < -0.4 is 5.32 Å². The Balaban J connectivity index is 1.66. The van der Waals surface area contributed by atoms with Crippen molar-refractivity contribution in [3.63, 3.8) is 0 Å². The van der Waals surface area contributed by atoms with Crippen LogP contribution in [-0.4, -0.2) is 7.05 Å². The molecule has 0 amide bonds. The lowest BCUT2D eigenvalue weighted by Gasteiger charge is -2.13. The largest absolute Gasteiger partial charge is 0.459 e. The second-order valence-electron chi connectivity index (χ2n) is 6.65. The summed E-state index contributed by atoms with van der Waals surface area (Å²) < 4.78 is 6.12. The minimum absolute atomic E-state index is 0.399. The number of nitrogens with one attached hydrogen (secondary N) is 1. The zero-order valence-corrected chi connectivity index (χ0v) is 12.4. The molecular weight excluding hydrogens is 246 g/mol. The third-order valence-corrected chi connectivity index (χ3v) is 5.42. The van der Waals surface area contributed by atoms with E-state index in [1.165, 1.54) is 36.6 Å². The number of hydrogen-bond acceptors (Lipinski definition) is 2. The van der Waals surface area contributed by atoms with Crippen LogP contribution in [0.2, 0.25) is 0 Å². The van der Waals surface area contributed by atoms with Gasteiger partial charge in [-0.25, -0.2) is 0 Å². The molecule has 0 aliphatic heterocycles. The maximum atomic E-state index is 6.12. The number of rotatable bonds is 3. The number of aryl methyl sites for hydroxylation is 1. The molecule has 2 aliphatic carbocycles. The van der Waals surface area contributed by atoms with Crippen molar-refractivity contribution >= 4 is 11.0 Å². The van der Waals surface area contributed by atoms with Gasteiger partial charge in [-0.1, -0.05) is 24.5 Å². The van der Waals surface area contributed by atoms with E-state index in [0.29, 0.717) is 6.04 Å². The Morgan fingerprint density at radius 2 is 1.90 bits per heavy atom. The molecule has 1 aromatic carbocycles. The summed E-state index contributed by atoms with van der Waals surface area (Å²) in [5.74, 6) is 3.81. The molecule has 106 valence electrons. The lowest BCUT2D eigenvalue weighted by atomic mass is 10.0. The summed E-state index contributed by atoms with van der Waals surface area (Å²) in [6.45, 7) is 2.14. The molecule has 2 aromatic rings. The van der Waals surface area contributed by atoms with Gasteiger partial charge in [-0.15, -0.1) is 0 Å². The van der Waals surface area contributed by atoms with E-state index in [0.717, 1.165) is 29.1 Å². The average Bonchev–Trinajstić information content (AvgIpc) is 3.01. The number of hydrogen-bond donors (Lipinski definition) is 1. The van der Waals surface area contributed by atoms with E-state index >= 15 is 0 Å². The van der Waals surface area contributed by atoms with E-state index in [2.05, 4.69) is 43.6 Å². The van der Waals surface area contributed by atoms with Crippen LogP contribution in [0.1, 0.15) is 43.0 Å². The zero-order chi connectivity index (χ0) is 13.7. The second kappa shape index (κ2) is 4.63. The zero-order valence-electron chi connectivity index (χ0n) is 12.4. The van der Waals surface area contributed by atoms with Gasteiger partial charge in [0.05, 0.1) is 6.04 Å². The number of fused-ring (bicyclic) bond motifs is 2. The first kappa shape index (κ1) is 12.5. The van der Waals surface area contributed by atoms with Crippen LogP contribution in [0.15, 0.2) is 28.7 Å². The molecule has 0 saturated heterocycles. The average molecular weight is 269 g/mol. The molecule has 2 saturated carbocycles. The predicted octanol–water partition coefficient (Wildman–Crippen LogP) is 4.44. The van der Waals surface area contributed by atoms with Crippen LogP contribution in [0.4, 0.5) is 0 Å². The van der Waals surface area contributed by atoms with E-state index < -0.39 is 0 Å². The predicted molar refractivity (Wildman–Crippen MR) is 81.7 cm³/mol. The molecular formula is C18H23NO. The quantitative estimate of drug-likeness (QED) is 0.891. The molecule has 2 aliphatic rings. The fraction of sp³-hybridized carbons (Fsp3) is 0.556. The molecule has 20 heavy (non-hydrogen) atoms. The monoisotopic (exact) mass is 269 g/mol. The Labute approximate surface area is 120 Å². The van der Waals surface area contributed by atoms with E-state index in [1.54, 1.807) is 0 Å². The van der Waals surface area contributed by atoms with E-state index in [-0.39, 0.29) is 0 Å². The molecule has 2 fully saturated rings. The highest BCUT2D eigenvalue weighted by molar-refractivity contribution is 5.78. The van der Waals surface area contributed by atoms with Gasteiger partial charge in [0.15, 0.2) is 0 Å².